The Morgan fingerprint density at radius 3 is 2.24 bits per heavy atom. The number of hydrogen-bond donors (Lipinski definition) is 5. The lowest BCUT2D eigenvalue weighted by Crippen LogP contribution is -2.39. The summed E-state index contributed by atoms with van der Waals surface area (Å²) in [4.78, 5) is 36.0. The zero-order valence-corrected chi connectivity index (χ0v) is 23.0. The van der Waals surface area contributed by atoms with E-state index in [9.17, 15) is 27.2 Å². The predicted octanol–water partition coefficient (Wildman–Crippen LogP) is 1.38. The lowest BCUT2D eigenvalue weighted by molar-refractivity contribution is -0.120. The molecule has 0 unspecified atom stereocenters. The van der Waals surface area contributed by atoms with Gasteiger partial charge in [-0.3, -0.25) is 24.1 Å². The molecule has 0 spiro atoms. The van der Waals surface area contributed by atoms with Gasteiger partial charge in [0.05, 0.1) is 11.4 Å². The second-order valence-electron chi connectivity index (χ2n) is 8.73. The normalized spacial score (nSPS) is 11.0. The molecule has 0 aliphatic heterocycles. The number of primary amides is 2. The number of ether oxygens (including phenoxy) is 1. The van der Waals surface area contributed by atoms with E-state index < -0.39 is 52.5 Å². The Balaban J connectivity index is 1.88. The number of benzene rings is 3. The lowest BCUT2D eigenvalue weighted by Gasteiger charge is -2.24. The van der Waals surface area contributed by atoms with Gasteiger partial charge in [0.1, 0.15) is 23.9 Å². The maximum atomic E-state index is 13.3. The molecule has 3 rings (SSSR count). The van der Waals surface area contributed by atoms with Crippen LogP contribution in [0.5, 0.6) is 5.75 Å². The van der Waals surface area contributed by atoms with Gasteiger partial charge in [0.15, 0.2) is 6.61 Å². The summed E-state index contributed by atoms with van der Waals surface area (Å²) in [7, 11) is -4.24. The highest BCUT2D eigenvalue weighted by Gasteiger charge is 2.26. The van der Waals surface area contributed by atoms with Crippen LogP contribution in [-0.2, 0) is 31.9 Å². The molecule has 3 amide bonds. The molecule has 216 valence electrons. The molecule has 0 atom stereocenters. The fourth-order valence-electron chi connectivity index (χ4n) is 3.64. The summed E-state index contributed by atoms with van der Waals surface area (Å²) < 4.78 is 45.9. The van der Waals surface area contributed by atoms with Gasteiger partial charge in [0, 0.05) is 28.3 Å². The maximum absolute atomic E-state index is 13.3. The van der Waals surface area contributed by atoms with E-state index in [4.69, 9.17) is 38.9 Å². The first-order chi connectivity index (χ1) is 19.2. The van der Waals surface area contributed by atoms with Crippen molar-refractivity contribution in [3.8, 4) is 5.75 Å². The quantitative estimate of drug-likeness (QED) is 0.143. The van der Waals surface area contributed by atoms with E-state index in [-0.39, 0.29) is 40.0 Å². The summed E-state index contributed by atoms with van der Waals surface area (Å²) in [6.07, 6.45) is 0. The molecule has 12 nitrogen and oxygen atoms in total. The fraction of sp³-hybridized carbons (Fsp3) is 0.154. The number of carbonyl (C=O) groups is 3. The van der Waals surface area contributed by atoms with Gasteiger partial charge in [-0.15, -0.1) is 0 Å². The van der Waals surface area contributed by atoms with Crippen LogP contribution in [-0.4, -0.2) is 45.1 Å². The Labute approximate surface area is 239 Å². The summed E-state index contributed by atoms with van der Waals surface area (Å²) in [5.74, 6) is -3.59. The third-order valence-electron chi connectivity index (χ3n) is 5.52. The van der Waals surface area contributed by atoms with Crippen LogP contribution in [0, 0.1) is 11.2 Å². The van der Waals surface area contributed by atoms with Crippen LogP contribution in [0.4, 0.5) is 10.1 Å². The van der Waals surface area contributed by atoms with Crippen molar-refractivity contribution in [2.75, 3.05) is 17.5 Å². The average Bonchev–Trinajstić information content (AvgIpc) is 2.89. The summed E-state index contributed by atoms with van der Waals surface area (Å²) >= 11 is 6.21. The van der Waals surface area contributed by atoms with Gasteiger partial charge in [0.2, 0.25) is 15.9 Å². The highest BCUT2D eigenvalue weighted by Crippen LogP contribution is 2.27. The number of rotatable bonds is 13. The van der Waals surface area contributed by atoms with Crippen LogP contribution >= 0.6 is 11.6 Å². The Bertz CT molecular complexity index is 1600. The number of amidine groups is 1. The minimum Gasteiger partial charge on any atom is -0.483 e. The van der Waals surface area contributed by atoms with E-state index in [1.54, 1.807) is 0 Å². The first kappa shape index (κ1) is 30.8. The second kappa shape index (κ2) is 13.1. The highest BCUT2D eigenvalue weighted by atomic mass is 35.5. The van der Waals surface area contributed by atoms with Crippen molar-refractivity contribution >= 4 is 50.9 Å². The average molecular weight is 605 g/mol. The van der Waals surface area contributed by atoms with Gasteiger partial charge in [0.25, 0.3) is 11.8 Å². The summed E-state index contributed by atoms with van der Waals surface area (Å²) in [6.45, 7) is -1.31. The lowest BCUT2D eigenvalue weighted by atomic mass is 10.1. The molecule has 0 radical (unpaired) electrons. The van der Waals surface area contributed by atoms with Gasteiger partial charge < -0.3 is 27.3 Å². The van der Waals surface area contributed by atoms with Gasteiger partial charge in [-0.25, -0.2) is 12.8 Å². The first-order valence-corrected chi connectivity index (χ1v) is 13.7. The van der Waals surface area contributed by atoms with E-state index in [1.165, 1.54) is 48.5 Å². The molecule has 0 saturated carbocycles. The smallest absolute Gasteiger partial charge is 0.255 e. The molecule has 0 saturated heterocycles. The van der Waals surface area contributed by atoms with Crippen LogP contribution in [0.1, 0.15) is 27.0 Å². The molecule has 41 heavy (non-hydrogen) atoms. The van der Waals surface area contributed by atoms with Crippen LogP contribution < -0.4 is 31.6 Å². The molecule has 0 heterocycles. The minimum atomic E-state index is -4.24. The number of nitrogen functional groups attached to an aromatic ring is 1. The van der Waals surface area contributed by atoms with Crippen molar-refractivity contribution in [2.24, 2.45) is 17.2 Å². The molecule has 0 aliphatic rings. The minimum absolute atomic E-state index is 0.00426. The number of amides is 3. The molecule has 3 aromatic carbocycles. The number of nitrogens with one attached hydrogen (secondary N) is 2. The molecule has 3 aromatic rings. The molecular formula is C26H26ClFN6O6S. The fourth-order valence-corrected chi connectivity index (χ4v) is 5.39. The van der Waals surface area contributed by atoms with Gasteiger partial charge >= 0.3 is 0 Å². The number of hydrogen-bond acceptors (Lipinski definition) is 7. The SMILES string of the molecule is N=C(N)c1ccc(CNC(=O)c2cc(Cl)cc(N(CC(N)=O)S(=O)(=O)Cc3ccc(F)cc3)c2)c(OCC(N)=O)c1. The molecule has 15 heteroatoms. The predicted molar refractivity (Wildman–Crippen MR) is 150 cm³/mol. The third kappa shape index (κ3) is 8.65. The van der Waals surface area contributed by atoms with E-state index in [1.807, 2.05) is 0 Å². The van der Waals surface area contributed by atoms with Crippen LogP contribution in [0.2, 0.25) is 5.02 Å². The van der Waals surface area contributed by atoms with Gasteiger partial charge in [-0.05, 0) is 42.0 Å². The van der Waals surface area contributed by atoms with E-state index in [0.717, 1.165) is 16.4 Å². The number of nitrogens with zero attached hydrogens (tertiary/aromatic N) is 1. The molecule has 0 aromatic heterocycles. The Morgan fingerprint density at radius 2 is 1.63 bits per heavy atom. The van der Waals surface area contributed by atoms with Gasteiger partial charge in [-0.1, -0.05) is 35.9 Å². The Morgan fingerprint density at radius 1 is 0.951 bits per heavy atom. The number of sulfonamides is 1. The van der Waals surface area contributed by atoms with Crippen LogP contribution in [0.3, 0.4) is 0 Å². The highest BCUT2D eigenvalue weighted by molar-refractivity contribution is 7.92. The number of carbonyl (C=O) groups excluding carboxylic acids is 3. The summed E-state index contributed by atoms with van der Waals surface area (Å²) in [6, 6.07) is 13.0. The van der Waals surface area contributed by atoms with Crippen molar-refractivity contribution in [3.05, 3.63) is 93.8 Å². The van der Waals surface area contributed by atoms with E-state index in [0.29, 0.717) is 11.1 Å². The van der Waals surface area contributed by atoms with Crippen molar-refractivity contribution in [1.29, 1.82) is 5.41 Å². The third-order valence-corrected chi connectivity index (χ3v) is 7.45. The van der Waals surface area contributed by atoms with E-state index in [2.05, 4.69) is 5.32 Å². The number of nitrogens with two attached hydrogens (primary N) is 3. The Kier molecular flexibility index (Phi) is 9.86. The zero-order valence-electron chi connectivity index (χ0n) is 21.4. The van der Waals surface area contributed by atoms with Gasteiger partial charge in [-0.2, -0.15) is 0 Å². The van der Waals surface area contributed by atoms with Crippen molar-refractivity contribution in [1.82, 2.24) is 5.32 Å². The monoisotopic (exact) mass is 604 g/mol. The molecule has 8 N–H and O–H groups in total. The molecular weight excluding hydrogens is 579 g/mol. The number of halogens is 2. The molecule has 0 aliphatic carbocycles. The zero-order chi connectivity index (χ0) is 30.3. The van der Waals surface area contributed by atoms with E-state index >= 15 is 0 Å². The summed E-state index contributed by atoms with van der Waals surface area (Å²) in [5, 5.41) is 10.2. The van der Waals surface area contributed by atoms with Crippen molar-refractivity contribution in [3.63, 3.8) is 0 Å². The second-order valence-corrected chi connectivity index (χ2v) is 11.1. The first-order valence-electron chi connectivity index (χ1n) is 11.8. The number of anilines is 1. The standard InChI is InChI=1S/C26H26ClFN6O6S/c27-19-7-18(26(37)33-11-17-4-3-16(25(31)32)9-22(17)40-13-24(30)36)8-21(10-19)34(12-23(29)35)41(38,39)14-15-1-5-20(28)6-2-15/h1-10H,11-14H2,(H2,29,35)(H2,30,36)(H3,31,32)(H,33,37). The van der Waals surface area contributed by atoms with Crippen LogP contribution in [0.15, 0.2) is 60.7 Å². The molecule has 0 bridgehead atoms. The Hall–Kier alpha value is -4.69. The topological polar surface area (TPSA) is 212 Å². The molecule has 0 fully saturated rings. The van der Waals surface area contributed by atoms with Crippen molar-refractivity contribution in [2.45, 2.75) is 12.3 Å². The summed E-state index contributed by atoms with van der Waals surface area (Å²) in [5.41, 5.74) is 16.8. The largest absolute Gasteiger partial charge is 0.483 e. The van der Waals surface area contributed by atoms with Crippen LogP contribution in [0.25, 0.3) is 0 Å². The van der Waals surface area contributed by atoms with Crippen molar-refractivity contribution < 1.29 is 31.9 Å². The maximum Gasteiger partial charge on any atom is 0.255 e.